The van der Waals surface area contributed by atoms with E-state index in [-0.39, 0.29) is 22.2 Å². The molecule has 1 aromatic heterocycles. The van der Waals surface area contributed by atoms with Crippen LogP contribution in [-0.2, 0) is 0 Å². The molecule has 0 bridgehead atoms. The number of nitrogens with one attached hydrogen (secondary N) is 1. The van der Waals surface area contributed by atoms with Crippen molar-refractivity contribution in [2.45, 2.75) is 9.92 Å². The number of rotatable bonds is 5. The summed E-state index contributed by atoms with van der Waals surface area (Å²) in [5.74, 6) is -2.23. The average molecular weight is 395 g/mol. The summed E-state index contributed by atoms with van der Waals surface area (Å²) >= 11 is 6.88. The maximum atomic E-state index is 13.3. The minimum atomic E-state index is -1.08. The number of aromatic nitrogens is 2. The van der Waals surface area contributed by atoms with E-state index in [0.29, 0.717) is 9.92 Å². The van der Waals surface area contributed by atoms with Gasteiger partial charge in [0.25, 0.3) is 0 Å². The zero-order chi connectivity index (χ0) is 18.7. The average Bonchev–Trinajstić information content (AvgIpc) is 2.60. The molecule has 0 aliphatic rings. The molecule has 3 rings (SSSR count). The molecule has 1 N–H and O–H groups in total. The van der Waals surface area contributed by atoms with Gasteiger partial charge < -0.3 is 5.32 Å². The van der Waals surface area contributed by atoms with Crippen molar-refractivity contribution < 1.29 is 13.7 Å². The van der Waals surface area contributed by atoms with E-state index in [1.807, 2.05) is 0 Å². The van der Waals surface area contributed by atoms with Crippen LogP contribution in [0.5, 0.6) is 0 Å². The zero-order valence-corrected chi connectivity index (χ0v) is 14.4. The molecule has 0 saturated heterocycles. The van der Waals surface area contributed by atoms with Crippen molar-refractivity contribution >= 4 is 40.6 Å². The molecule has 0 aliphatic heterocycles. The lowest BCUT2D eigenvalue weighted by molar-refractivity contribution is -0.387. The van der Waals surface area contributed by atoms with Gasteiger partial charge in [0.1, 0.15) is 6.33 Å². The SMILES string of the molecule is O=[N+]([O-])c1c(Nc2ccc(F)c(F)c2)ncnc1Sc1ccc(Cl)cc1. The lowest BCUT2D eigenvalue weighted by Crippen LogP contribution is -2.03. The third kappa shape index (κ3) is 4.06. The largest absolute Gasteiger partial charge is 0.343 e. The maximum absolute atomic E-state index is 13.3. The number of hydrogen-bond acceptors (Lipinski definition) is 6. The first-order valence-electron chi connectivity index (χ1n) is 7.09. The number of benzene rings is 2. The van der Waals surface area contributed by atoms with E-state index in [9.17, 15) is 18.9 Å². The normalized spacial score (nSPS) is 10.6. The van der Waals surface area contributed by atoms with Crippen LogP contribution in [0.3, 0.4) is 0 Å². The summed E-state index contributed by atoms with van der Waals surface area (Å²) in [7, 11) is 0. The van der Waals surface area contributed by atoms with Crippen LogP contribution < -0.4 is 5.32 Å². The van der Waals surface area contributed by atoms with Crippen LogP contribution in [0.4, 0.5) is 26.0 Å². The Morgan fingerprint density at radius 3 is 2.46 bits per heavy atom. The molecule has 0 spiro atoms. The van der Waals surface area contributed by atoms with Gasteiger partial charge in [-0.2, -0.15) is 0 Å². The van der Waals surface area contributed by atoms with Gasteiger partial charge in [-0.25, -0.2) is 18.7 Å². The second-order valence-electron chi connectivity index (χ2n) is 4.94. The molecule has 0 radical (unpaired) electrons. The van der Waals surface area contributed by atoms with E-state index in [1.54, 1.807) is 24.3 Å². The number of anilines is 2. The van der Waals surface area contributed by atoms with E-state index in [1.165, 1.54) is 6.07 Å². The van der Waals surface area contributed by atoms with E-state index in [4.69, 9.17) is 11.6 Å². The second kappa shape index (κ2) is 7.63. The van der Waals surface area contributed by atoms with Gasteiger partial charge in [-0.05, 0) is 36.4 Å². The minimum absolute atomic E-state index is 0.0948. The molecule has 1 heterocycles. The summed E-state index contributed by atoms with van der Waals surface area (Å²) in [5, 5.41) is 14.8. The number of nitrogens with zero attached hydrogens (tertiary/aromatic N) is 3. The van der Waals surface area contributed by atoms with Gasteiger partial charge in [0.15, 0.2) is 16.7 Å². The van der Waals surface area contributed by atoms with Gasteiger partial charge >= 0.3 is 5.69 Å². The number of nitro groups is 1. The molecule has 2 aromatic carbocycles. The molecule has 0 amide bonds. The highest BCUT2D eigenvalue weighted by Gasteiger charge is 2.24. The highest BCUT2D eigenvalue weighted by atomic mass is 35.5. The Morgan fingerprint density at radius 2 is 1.81 bits per heavy atom. The van der Waals surface area contributed by atoms with Crippen molar-refractivity contribution in [2.75, 3.05) is 5.32 Å². The highest BCUT2D eigenvalue weighted by molar-refractivity contribution is 7.99. The summed E-state index contributed by atoms with van der Waals surface area (Å²) in [6, 6.07) is 9.73. The smallest absolute Gasteiger partial charge is 0.334 e. The molecule has 10 heteroatoms. The van der Waals surface area contributed by atoms with Gasteiger partial charge in [-0.3, -0.25) is 10.1 Å². The van der Waals surface area contributed by atoms with Crippen molar-refractivity contribution in [3.63, 3.8) is 0 Å². The topological polar surface area (TPSA) is 81.0 Å². The van der Waals surface area contributed by atoms with Crippen LogP contribution in [0, 0.1) is 21.7 Å². The standard InChI is InChI=1S/C16H9ClF2N4O2S/c17-9-1-4-11(5-2-9)26-16-14(23(24)25)15(20-8-21-16)22-10-3-6-12(18)13(19)7-10/h1-8H,(H,20,21,22). The van der Waals surface area contributed by atoms with E-state index in [2.05, 4.69) is 15.3 Å². The van der Waals surface area contributed by atoms with Gasteiger partial charge in [0.2, 0.25) is 5.82 Å². The molecule has 0 saturated carbocycles. The fraction of sp³-hybridized carbons (Fsp3) is 0. The third-order valence-electron chi connectivity index (χ3n) is 3.18. The predicted molar refractivity (Wildman–Crippen MR) is 93.9 cm³/mol. The van der Waals surface area contributed by atoms with Gasteiger partial charge in [-0.15, -0.1) is 0 Å². The van der Waals surface area contributed by atoms with Crippen molar-refractivity contribution in [1.82, 2.24) is 9.97 Å². The van der Waals surface area contributed by atoms with Crippen molar-refractivity contribution in [2.24, 2.45) is 0 Å². The molecular weight excluding hydrogens is 386 g/mol. The molecule has 0 fully saturated rings. The third-order valence-corrected chi connectivity index (χ3v) is 4.43. The first kappa shape index (κ1) is 18.0. The highest BCUT2D eigenvalue weighted by Crippen LogP contribution is 2.37. The quantitative estimate of drug-likeness (QED) is 0.363. The summed E-state index contributed by atoms with van der Waals surface area (Å²) in [6.07, 6.45) is 1.15. The van der Waals surface area contributed by atoms with E-state index >= 15 is 0 Å². The molecular formula is C16H9ClF2N4O2S. The minimum Gasteiger partial charge on any atom is -0.334 e. The lowest BCUT2D eigenvalue weighted by Gasteiger charge is -2.09. The molecule has 6 nitrogen and oxygen atoms in total. The van der Waals surface area contributed by atoms with Crippen molar-refractivity contribution in [1.29, 1.82) is 0 Å². The molecule has 132 valence electrons. The molecule has 0 unspecified atom stereocenters. The summed E-state index contributed by atoms with van der Waals surface area (Å²) < 4.78 is 26.4. The van der Waals surface area contributed by atoms with E-state index in [0.717, 1.165) is 30.2 Å². The Hall–Kier alpha value is -2.78. The molecule has 3 aromatic rings. The van der Waals surface area contributed by atoms with Gasteiger partial charge in [0, 0.05) is 21.7 Å². The summed E-state index contributed by atoms with van der Waals surface area (Å²) in [5.41, 5.74) is -0.259. The second-order valence-corrected chi connectivity index (χ2v) is 6.44. The lowest BCUT2D eigenvalue weighted by atomic mass is 10.3. The summed E-state index contributed by atoms with van der Waals surface area (Å²) in [6.45, 7) is 0. The fourth-order valence-electron chi connectivity index (χ4n) is 2.02. The fourth-order valence-corrected chi connectivity index (χ4v) is 3.01. The Morgan fingerprint density at radius 1 is 1.08 bits per heavy atom. The summed E-state index contributed by atoms with van der Waals surface area (Å²) in [4.78, 5) is 19.4. The molecule has 0 aliphatic carbocycles. The van der Waals surface area contributed by atoms with Gasteiger partial charge in [-0.1, -0.05) is 23.4 Å². The number of halogens is 3. The Kier molecular flexibility index (Phi) is 5.29. The van der Waals surface area contributed by atoms with Gasteiger partial charge in [0.05, 0.1) is 4.92 Å². The molecule has 0 atom stereocenters. The predicted octanol–water partition coefficient (Wildman–Crippen LogP) is 5.21. The maximum Gasteiger partial charge on any atom is 0.343 e. The van der Waals surface area contributed by atoms with Crippen LogP contribution in [0.15, 0.2) is 58.7 Å². The Balaban J connectivity index is 1.96. The zero-order valence-electron chi connectivity index (χ0n) is 12.8. The first-order valence-corrected chi connectivity index (χ1v) is 8.28. The monoisotopic (exact) mass is 394 g/mol. The van der Waals surface area contributed by atoms with Crippen molar-refractivity contribution in [3.8, 4) is 0 Å². The molecule has 26 heavy (non-hydrogen) atoms. The van der Waals surface area contributed by atoms with E-state index < -0.39 is 16.6 Å². The Bertz CT molecular complexity index is 973. The van der Waals surface area contributed by atoms with Crippen LogP contribution in [-0.4, -0.2) is 14.9 Å². The number of hydrogen-bond donors (Lipinski definition) is 1. The van der Waals surface area contributed by atoms with Crippen LogP contribution >= 0.6 is 23.4 Å². The van der Waals surface area contributed by atoms with Crippen LogP contribution in [0.25, 0.3) is 0 Å². The van der Waals surface area contributed by atoms with Crippen molar-refractivity contribution in [3.05, 3.63) is 75.6 Å². The first-order chi connectivity index (χ1) is 12.4. The van der Waals surface area contributed by atoms with Crippen LogP contribution in [0.2, 0.25) is 5.02 Å². The Labute approximate surface area is 155 Å². The van der Waals surface area contributed by atoms with Crippen LogP contribution in [0.1, 0.15) is 0 Å².